The molecule has 1 aromatic carbocycles. The highest BCUT2D eigenvalue weighted by Gasteiger charge is 2.23. The van der Waals surface area contributed by atoms with E-state index in [1.807, 2.05) is 32.2 Å². The van der Waals surface area contributed by atoms with Crippen LogP contribution in [0, 0.1) is 5.92 Å². The van der Waals surface area contributed by atoms with Gasteiger partial charge in [0.1, 0.15) is 0 Å². The first kappa shape index (κ1) is 15.8. The van der Waals surface area contributed by atoms with Crippen LogP contribution in [0.15, 0.2) is 30.5 Å². The molecule has 114 valence electrons. The molecular formula is C18H26N2O. The van der Waals surface area contributed by atoms with E-state index in [9.17, 15) is 4.79 Å². The number of hydrogen-bond acceptors (Lipinski definition) is 2. The van der Waals surface area contributed by atoms with Crippen LogP contribution in [0.4, 0.5) is 0 Å². The maximum absolute atomic E-state index is 12.5. The number of carbonyl (C=O) groups excluding carboxylic acids is 1. The summed E-state index contributed by atoms with van der Waals surface area (Å²) in [7, 11) is 0. The fraction of sp³-hybridized carbons (Fsp3) is 0.500. The summed E-state index contributed by atoms with van der Waals surface area (Å²) < 4.78 is 0. The summed E-state index contributed by atoms with van der Waals surface area (Å²) in [6.07, 6.45) is 3.80. The van der Waals surface area contributed by atoms with Gasteiger partial charge in [0, 0.05) is 29.1 Å². The van der Waals surface area contributed by atoms with E-state index in [0.29, 0.717) is 11.8 Å². The summed E-state index contributed by atoms with van der Waals surface area (Å²) in [4.78, 5) is 15.8. The second-order valence-electron chi connectivity index (χ2n) is 6.15. The number of aromatic nitrogens is 1. The maximum Gasteiger partial charge on any atom is 0.152 e. The predicted molar refractivity (Wildman–Crippen MR) is 88.5 cm³/mol. The number of aromatic amines is 1. The van der Waals surface area contributed by atoms with E-state index in [1.54, 1.807) is 0 Å². The second kappa shape index (κ2) is 6.90. The number of para-hydroxylation sites is 1. The molecule has 0 radical (unpaired) electrons. The van der Waals surface area contributed by atoms with Crippen molar-refractivity contribution in [2.75, 3.05) is 0 Å². The summed E-state index contributed by atoms with van der Waals surface area (Å²) in [5, 5.41) is 4.70. The van der Waals surface area contributed by atoms with Gasteiger partial charge in [0.05, 0.1) is 6.04 Å². The molecule has 0 spiro atoms. The van der Waals surface area contributed by atoms with Gasteiger partial charge in [-0.15, -0.1) is 0 Å². The molecule has 3 heteroatoms. The summed E-state index contributed by atoms with van der Waals surface area (Å²) in [6, 6.07) is 8.49. The Morgan fingerprint density at radius 3 is 2.62 bits per heavy atom. The minimum absolute atomic E-state index is 0.0526. The molecule has 0 amide bonds. The Balaban J connectivity index is 2.23. The standard InChI is InChI=1S/C18H26N2O/c1-5-13(4)20-17(18(21)12(2)3)10-14-11-19-16-9-7-6-8-15(14)16/h6-9,11-13,17,19-20H,5,10H2,1-4H3. The second-order valence-corrected chi connectivity index (χ2v) is 6.15. The Bertz CT molecular complexity index is 600. The highest BCUT2D eigenvalue weighted by Crippen LogP contribution is 2.20. The van der Waals surface area contributed by atoms with Crippen LogP contribution in [-0.2, 0) is 11.2 Å². The molecule has 0 aliphatic carbocycles. The van der Waals surface area contributed by atoms with Crippen molar-refractivity contribution in [2.45, 2.75) is 52.6 Å². The van der Waals surface area contributed by atoms with Gasteiger partial charge < -0.3 is 10.3 Å². The molecule has 0 bridgehead atoms. The van der Waals surface area contributed by atoms with E-state index < -0.39 is 0 Å². The first-order valence-electron chi connectivity index (χ1n) is 7.87. The van der Waals surface area contributed by atoms with Gasteiger partial charge in [-0.3, -0.25) is 4.79 Å². The van der Waals surface area contributed by atoms with Gasteiger partial charge >= 0.3 is 0 Å². The van der Waals surface area contributed by atoms with Crippen LogP contribution in [0.25, 0.3) is 10.9 Å². The Morgan fingerprint density at radius 1 is 1.24 bits per heavy atom. The average Bonchev–Trinajstić information content (AvgIpc) is 2.88. The van der Waals surface area contributed by atoms with Crippen LogP contribution < -0.4 is 5.32 Å². The van der Waals surface area contributed by atoms with Crippen molar-refractivity contribution < 1.29 is 4.79 Å². The molecule has 0 aliphatic heterocycles. The van der Waals surface area contributed by atoms with E-state index >= 15 is 0 Å². The fourth-order valence-electron chi connectivity index (χ4n) is 2.63. The smallest absolute Gasteiger partial charge is 0.152 e. The molecule has 2 aromatic rings. The maximum atomic E-state index is 12.5. The van der Waals surface area contributed by atoms with E-state index in [1.165, 1.54) is 10.9 Å². The summed E-state index contributed by atoms with van der Waals surface area (Å²) in [5.41, 5.74) is 2.34. The highest BCUT2D eigenvalue weighted by atomic mass is 16.1. The van der Waals surface area contributed by atoms with Crippen molar-refractivity contribution in [1.82, 2.24) is 10.3 Å². The first-order valence-corrected chi connectivity index (χ1v) is 7.87. The summed E-state index contributed by atoms with van der Waals surface area (Å²) in [6.45, 7) is 8.22. The zero-order valence-corrected chi connectivity index (χ0v) is 13.4. The molecule has 2 unspecified atom stereocenters. The first-order chi connectivity index (χ1) is 10.0. The Labute approximate surface area is 127 Å². The predicted octanol–water partition coefficient (Wildman–Crippen LogP) is 3.69. The fourth-order valence-corrected chi connectivity index (χ4v) is 2.63. The molecule has 1 heterocycles. The Morgan fingerprint density at radius 2 is 1.95 bits per heavy atom. The number of nitrogens with one attached hydrogen (secondary N) is 2. The van der Waals surface area contributed by atoms with Gasteiger partial charge in [0.15, 0.2) is 5.78 Å². The topological polar surface area (TPSA) is 44.9 Å². The van der Waals surface area contributed by atoms with Gasteiger partial charge in [-0.1, -0.05) is 39.0 Å². The third-order valence-corrected chi connectivity index (χ3v) is 4.11. The molecule has 0 saturated heterocycles. The van der Waals surface area contributed by atoms with Crippen molar-refractivity contribution in [3.63, 3.8) is 0 Å². The number of fused-ring (bicyclic) bond motifs is 1. The lowest BCUT2D eigenvalue weighted by molar-refractivity contribution is -0.124. The van der Waals surface area contributed by atoms with Crippen LogP contribution in [0.5, 0.6) is 0 Å². The largest absolute Gasteiger partial charge is 0.361 e. The molecular weight excluding hydrogens is 260 g/mol. The van der Waals surface area contributed by atoms with E-state index in [0.717, 1.165) is 18.4 Å². The number of hydrogen-bond donors (Lipinski definition) is 2. The van der Waals surface area contributed by atoms with Crippen molar-refractivity contribution in [2.24, 2.45) is 5.92 Å². The summed E-state index contributed by atoms with van der Waals surface area (Å²) >= 11 is 0. The number of rotatable bonds is 7. The van der Waals surface area contributed by atoms with Crippen LogP contribution in [-0.4, -0.2) is 22.9 Å². The molecule has 2 atom stereocenters. The molecule has 0 saturated carbocycles. The monoisotopic (exact) mass is 286 g/mol. The Hall–Kier alpha value is -1.61. The lowest BCUT2D eigenvalue weighted by Crippen LogP contribution is -2.45. The molecule has 0 aliphatic rings. The van der Waals surface area contributed by atoms with E-state index in [4.69, 9.17) is 0 Å². The van der Waals surface area contributed by atoms with Crippen LogP contribution in [0.3, 0.4) is 0 Å². The van der Waals surface area contributed by atoms with Gasteiger partial charge in [-0.05, 0) is 31.4 Å². The third kappa shape index (κ3) is 3.73. The lowest BCUT2D eigenvalue weighted by Gasteiger charge is -2.23. The summed E-state index contributed by atoms with van der Waals surface area (Å²) in [5.74, 6) is 0.345. The number of ketones is 1. The van der Waals surface area contributed by atoms with E-state index in [-0.39, 0.29) is 12.0 Å². The zero-order chi connectivity index (χ0) is 15.4. The molecule has 21 heavy (non-hydrogen) atoms. The number of carbonyl (C=O) groups is 1. The molecule has 3 nitrogen and oxygen atoms in total. The van der Waals surface area contributed by atoms with Crippen LogP contribution >= 0.6 is 0 Å². The van der Waals surface area contributed by atoms with Gasteiger partial charge in [-0.2, -0.15) is 0 Å². The van der Waals surface area contributed by atoms with Gasteiger partial charge in [-0.25, -0.2) is 0 Å². The number of H-pyrrole nitrogens is 1. The van der Waals surface area contributed by atoms with Crippen LogP contribution in [0.1, 0.15) is 39.7 Å². The van der Waals surface area contributed by atoms with Gasteiger partial charge in [0.25, 0.3) is 0 Å². The van der Waals surface area contributed by atoms with E-state index in [2.05, 4.69) is 36.3 Å². The lowest BCUT2D eigenvalue weighted by atomic mass is 9.94. The Kier molecular flexibility index (Phi) is 5.18. The average molecular weight is 286 g/mol. The molecule has 2 N–H and O–H groups in total. The van der Waals surface area contributed by atoms with Crippen molar-refractivity contribution >= 4 is 16.7 Å². The highest BCUT2D eigenvalue weighted by molar-refractivity contribution is 5.88. The van der Waals surface area contributed by atoms with Crippen molar-refractivity contribution in [1.29, 1.82) is 0 Å². The number of Topliss-reactive ketones (excluding diaryl/α,β-unsaturated/α-hetero) is 1. The molecule has 1 aromatic heterocycles. The number of benzene rings is 1. The quantitative estimate of drug-likeness (QED) is 0.815. The molecule has 2 rings (SSSR count). The van der Waals surface area contributed by atoms with Gasteiger partial charge in [0.2, 0.25) is 0 Å². The van der Waals surface area contributed by atoms with Crippen LogP contribution in [0.2, 0.25) is 0 Å². The third-order valence-electron chi connectivity index (χ3n) is 4.11. The van der Waals surface area contributed by atoms with Crippen molar-refractivity contribution in [3.05, 3.63) is 36.0 Å². The minimum Gasteiger partial charge on any atom is -0.361 e. The molecule has 0 fully saturated rings. The van der Waals surface area contributed by atoms with Crippen molar-refractivity contribution in [3.8, 4) is 0 Å². The zero-order valence-electron chi connectivity index (χ0n) is 13.4. The SMILES string of the molecule is CCC(C)NC(Cc1c[nH]c2ccccc12)C(=O)C(C)C. The minimum atomic E-state index is -0.112. The normalized spacial score (nSPS) is 14.5.